The molecule has 2 aromatic carbocycles. The lowest BCUT2D eigenvalue weighted by atomic mass is 10.0. The molecule has 2 rings (SSSR count). The van der Waals surface area contributed by atoms with Gasteiger partial charge >= 0.3 is 0 Å². The van der Waals surface area contributed by atoms with E-state index in [0.29, 0.717) is 23.0 Å². The van der Waals surface area contributed by atoms with Crippen molar-refractivity contribution in [2.75, 3.05) is 0 Å². The van der Waals surface area contributed by atoms with E-state index in [2.05, 4.69) is 38.3 Å². The highest BCUT2D eigenvalue weighted by atomic mass is 33.1. The molecule has 0 saturated heterocycles. The van der Waals surface area contributed by atoms with Gasteiger partial charge in [-0.3, -0.25) is 9.59 Å². The van der Waals surface area contributed by atoms with Gasteiger partial charge in [0.25, 0.3) is 11.8 Å². The van der Waals surface area contributed by atoms with Crippen LogP contribution in [0.5, 0.6) is 0 Å². The van der Waals surface area contributed by atoms with Crippen molar-refractivity contribution in [2.24, 2.45) is 11.8 Å². The highest BCUT2D eigenvalue weighted by Gasteiger charge is 2.18. The molecule has 0 heterocycles. The molecule has 4 nitrogen and oxygen atoms in total. The molecule has 0 aliphatic carbocycles. The zero-order chi connectivity index (χ0) is 23.7. The first-order valence-electron chi connectivity index (χ1n) is 11.3. The van der Waals surface area contributed by atoms with E-state index >= 15 is 0 Å². The molecule has 174 valence electrons. The van der Waals surface area contributed by atoms with Crippen LogP contribution in [0.3, 0.4) is 0 Å². The predicted molar refractivity (Wildman–Crippen MR) is 137 cm³/mol. The average Bonchev–Trinajstić information content (AvgIpc) is 2.71. The maximum absolute atomic E-state index is 12.9. The Hall–Kier alpha value is -1.92. The molecule has 2 aromatic rings. The third kappa shape index (κ3) is 8.55. The molecule has 32 heavy (non-hydrogen) atoms. The van der Waals surface area contributed by atoms with Gasteiger partial charge in [-0.05, 0) is 62.8 Å². The Bertz CT molecular complexity index is 825. The van der Waals surface area contributed by atoms with Gasteiger partial charge in [0.05, 0.1) is 11.1 Å². The van der Waals surface area contributed by atoms with Gasteiger partial charge in [0.2, 0.25) is 0 Å². The molecular weight excluding hydrogens is 436 g/mol. The minimum atomic E-state index is -0.0598. The summed E-state index contributed by atoms with van der Waals surface area (Å²) in [6.45, 7) is 12.7. The molecule has 0 fully saturated rings. The van der Waals surface area contributed by atoms with E-state index in [1.54, 1.807) is 0 Å². The van der Waals surface area contributed by atoms with Crippen molar-refractivity contribution in [1.29, 1.82) is 0 Å². The van der Waals surface area contributed by atoms with Gasteiger partial charge in [-0.1, -0.05) is 73.5 Å². The van der Waals surface area contributed by atoms with Crippen LogP contribution in [-0.2, 0) is 0 Å². The molecular formula is C26H36N2O2S2. The number of rotatable bonds is 11. The van der Waals surface area contributed by atoms with Crippen LogP contribution in [0.1, 0.15) is 75.1 Å². The molecule has 0 saturated carbocycles. The van der Waals surface area contributed by atoms with E-state index in [0.717, 1.165) is 22.6 Å². The fourth-order valence-corrected chi connectivity index (χ4v) is 6.04. The van der Waals surface area contributed by atoms with E-state index in [-0.39, 0.29) is 23.9 Å². The Labute approximate surface area is 201 Å². The highest BCUT2D eigenvalue weighted by molar-refractivity contribution is 8.76. The Morgan fingerprint density at radius 1 is 0.656 bits per heavy atom. The third-order valence-electron chi connectivity index (χ3n) is 4.89. The summed E-state index contributed by atoms with van der Waals surface area (Å²) in [6.07, 6.45) is 1.88. The van der Waals surface area contributed by atoms with Crippen LogP contribution in [0.15, 0.2) is 58.3 Å². The standard InChI is InChI=1S/C26H36N2O2S2/c1-17(2)15-19(5)27-25(29)21-11-7-9-13-23(21)31-32-24-14-10-8-12-22(24)26(30)28-20(6)16-18(3)4/h7-14,17-20H,15-16H2,1-6H3,(H,27,29)(H,28,30). The number of amides is 2. The number of hydrogen-bond acceptors (Lipinski definition) is 4. The lowest BCUT2D eigenvalue weighted by molar-refractivity contribution is 0.0924. The summed E-state index contributed by atoms with van der Waals surface area (Å²) >= 11 is 0. The normalized spacial score (nSPS) is 13.1. The van der Waals surface area contributed by atoms with Crippen LogP contribution in [0, 0.1) is 11.8 Å². The second-order valence-electron chi connectivity index (χ2n) is 9.17. The van der Waals surface area contributed by atoms with E-state index in [1.807, 2.05) is 62.4 Å². The SMILES string of the molecule is CC(C)CC(C)NC(=O)c1ccccc1SSc1ccccc1C(=O)NC(C)CC(C)C. The molecule has 0 aliphatic rings. The second kappa shape index (κ2) is 12.9. The fourth-order valence-electron chi connectivity index (χ4n) is 3.68. The van der Waals surface area contributed by atoms with Gasteiger partial charge in [-0.25, -0.2) is 0 Å². The molecule has 2 amide bonds. The lowest BCUT2D eigenvalue weighted by Gasteiger charge is -2.18. The summed E-state index contributed by atoms with van der Waals surface area (Å²) in [5.41, 5.74) is 1.32. The smallest absolute Gasteiger partial charge is 0.252 e. The van der Waals surface area contributed by atoms with Crippen LogP contribution in [0.25, 0.3) is 0 Å². The van der Waals surface area contributed by atoms with Crippen molar-refractivity contribution in [1.82, 2.24) is 10.6 Å². The molecule has 0 spiro atoms. The quantitative estimate of drug-likeness (QED) is 0.353. The first-order valence-corrected chi connectivity index (χ1v) is 13.5. The van der Waals surface area contributed by atoms with Crippen molar-refractivity contribution >= 4 is 33.4 Å². The maximum Gasteiger partial charge on any atom is 0.252 e. The zero-order valence-electron chi connectivity index (χ0n) is 20.0. The fraction of sp³-hybridized carbons (Fsp3) is 0.462. The van der Waals surface area contributed by atoms with E-state index < -0.39 is 0 Å². The highest BCUT2D eigenvalue weighted by Crippen LogP contribution is 2.40. The van der Waals surface area contributed by atoms with Crippen LogP contribution in [0.4, 0.5) is 0 Å². The van der Waals surface area contributed by atoms with Crippen molar-refractivity contribution in [3.63, 3.8) is 0 Å². The first kappa shape index (κ1) is 26.3. The van der Waals surface area contributed by atoms with Gasteiger partial charge in [-0.2, -0.15) is 0 Å². The molecule has 2 unspecified atom stereocenters. The minimum absolute atomic E-state index is 0.0598. The van der Waals surface area contributed by atoms with Crippen molar-refractivity contribution in [2.45, 2.75) is 76.3 Å². The zero-order valence-corrected chi connectivity index (χ0v) is 21.6. The number of hydrogen-bond donors (Lipinski definition) is 2. The van der Waals surface area contributed by atoms with Crippen LogP contribution >= 0.6 is 21.6 Å². The minimum Gasteiger partial charge on any atom is -0.350 e. The van der Waals surface area contributed by atoms with Crippen molar-refractivity contribution in [3.8, 4) is 0 Å². The van der Waals surface area contributed by atoms with E-state index in [1.165, 1.54) is 21.6 Å². The van der Waals surface area contributed by atoms with E-state index in [9.17, 15) is 9.59 Å². The molecule has 6 heteroatoms. The summed E-state index contributed by atoms with van der Waals surface area (Å²) in [5, 5.41) is 6.21. The summed E-state index contributed by atoms with van der Waals surface area (Å²) in [7, 11) is 3.01. The van der Waals surface area contributed by atoms with Crippen molar-refractivity contribution in [3.05, 3.63) is 59.7 Å². The Balaban J connectivity index is 2.10. The molecule has 0 bridgehead atoms. The Morgan fingerprint density at radius 2 is 1.00 bits per heavy atom. The third-order valence-corrected chi connectivity index (χ3v) is 7.37. The van der Waals surface area contributed by atoms with E-state index in [4.69, 9.17) is 0 Å². The largest absolute Gasteiger partial charge is 0.350 e. The predicted octanol–water partition coefficient (Wildman–Crippen LogP) is 6.81. The number of carbonyl (C=O) groups excluding carboxylic acids is 2. The monoisotopic (exact) mass is 472 g/mol. The molecule has 0 aliphatic heterocycles. The summed E-state index contributed by atoms with van der Waals surface area (Å²) < 4.78 is 0. The Morgan fingerprint density at radius 3 is 1.34 bits per heavy atom. The number of benzene rings is 2. The number of nitrogens with one attached hydrogen (secondary N) is 2. The molecule has 0 aromatic heterocycles. The van der Waals surface area contributed by atoms with Gasteiger partial charge < -0.3 is 10.6 Å². The molecule has 2 atom stereocenters. The number of carbonyl (C=O) groups is 2. The Kier molecular flexibility index (Phi) is 10.7. The first-order chi connectivity index (χ1) is 15.2. The van der Waals surface area contributed by atoms with Gasteiger partial charge in [0.15, 0.2) is 0 Å². The second-order valence-corrected chi connectivity index (χ2v) is 11.4. The topological polar surface area (TPSA) is 58.2 Å². The van der Waals surface area contributed by atoms with Crippen molar-refractivity contribution < 1.29 is 9.59 Å². The summed E-state index contributed by atoms with van der Waals surface area (Å²) in [6, 6.07) is 15.5. The lowest BCUT2D eigenvalue weighted by Crippen LogP contribution is -2.33. The van der Waals surface area contributed by atoms with Gasteiger partial charge in [0, 0.05) is 21.9 Å². The van der Waals surface area contributed by atoms with Crippen LogP contribution in [0.2, 0.25) is 0 Å². The maximum atomic E-state index is 12.9. The summed E-state index contributed by atoms with van der Waals surface area (Å²) in [4.78, 5) is 27.5. The van der Waals surface area contributed by atoms with Crippen LogP contribution in [-0.4, -0.2) is 23.9 Å². The molecule has 0 radical (unpaired) electrons. The summed E-state index contributed by atoms with van der Waals surface area (Å²) in [5.74, 6) is 0.929. The average molecular weight is 473 g/mol. The molecule has 2 N–H and O–H groups in total. The van der Waals surface area contributed by atoms with Gasteiger partial charge in [-0.15, -0.1) is 0 Å². The van der Waals surface area contributed by atoms with Gasteiger partial charge in [0.1, 0.15) is 0 Å². The van der Waals surface area contributed by atoms with Crippen LogP contribution < -0.4 is 10.6 Å².